The molecule has 96 valence electrons. The van der Waals surface area contributed by atoms with E-state index in [0.717, 1.165) is 31.1 Å². The van der Waals surface area contributed by atoms with Gasteiger partial charge in [0.25, 0.3) is 0 Å². The normalized spacial score (nSPS) is 12.5. The van der Waals surface area contributed by atoms with Crippen LogP contribution in [0, 0.1) is 0 Å². The van der Waals surface area contributed by atoms with E-state index in [2.05, 4.69) is 41.3 Å². The van der Waals surface area contributed by atoms with E-state index in [1.807, 2.05) is 20.2 Å². The molecular formula is C13H23N3O. The SMILES string of the molecule is CCOCCN(C)c1ccc(C(C)NC)nc1. The summed E-state index contributed by atoms with van der Waals surface area (Å²) >= 11 is 0. The molecule has 17 heavy (non-hydrogen) atoms. The molecule has 0 fully saturated rings. The average molecular weight is 237 g/mol. The molecule has 0 aliphatic carbocycles. The third kappa shape index (κ3) is 4.32. The minimum atomic E-state index is 0.290. The molecule has 0 spiro atoms. The van der Waals surface area contributed by atoms with Crippen molar-refractivity contribution >= 4 is 5.69 Å². The molecule has 4 heteroatoms. The number of hydrogen-bond acceptors (Lipinski definition) is 4. The van der Waals surface area contributed by atoms with E-state index in [1.54, 1.807) is 0 Å². The Kier molecular flexibility index (Phi) is 5.94. The lowest BCUT2D eigenvalue weighted by atomic mass is 10.2. The fraction of sp³-hybridized carbons (Fsp3) is 0.615. The summed E-state index contributed by atoms with van der Waals surface area (Å²) in [4.78, 5) is 6.60. The van der Waals surface area contributed by atoms with E-state index in [9.17, 15) is 0 Å². The number of pyridine rings is 1. The van der Waals surface area contributed by atoms with Gasteiger partial charge in [0, 0.05) is 26.2 Å². The maximum atomic E-state index is 5.33. The highest BCUT2D eigenvalue weighted by atomic mass is 16.5. The van der Waals surface area contributed by atoms with Crippen LogP contribution in [-0.2, 0) is 4.74 Å². The van der Waals surface area contributed by atoms with Gasteiger partial charge in [-0.25, -0.2) is 0 Å². The van der Waals surface area contributed by atoms with E-state index < -0.39 is 0 Å². The predicted molar refractivity (Wildman–Crippen MR) is 71.5 cm³/mol. The van der Waals surface area contributed by atoms with E-state index in [-0.39, 0.29) is 6.04 Å². The van der Waals surface area contributed by atoms with Gasteiger partial charge in [-0.15, -0.1) is 0 Å². The smallest absolute Gasteiger partial charge is 0.0641 e. The summed E-state index contributed by atoms with van der Waals surface area (Å²) in [7, 11) is 3.99. The number of rotatable bonds is 7. The molecule has 1 aromatic heterocycles. The monoisotopic (exact) mass is 237 g/mol. The molecule has 1 aromatic rings. The number of hydrogen-bond donors (Lipinski definition) is 1. The van der Waals surface area contributed by atoms with Gasteiger partial charge in [0.2, 0.25) is 0 Å². The topological polar surface area (TPSA) is 37.4 Å². The Balaban J connectivity index is 2.54. The van der Waals surface area contributed by atoms with Crippen LogP contribution in [0.25, 0.3) is 0 Å². The number of aromatic nitrogens is 1. The summed E-state index contributed by atoms with van der Waals surface area (Å²) in [6.07, 6.45) is 1.91. The molecule has 0 bridgehead atoms. The van der Waals surface area contributed by atoms with Gasteiger partial charge < -0.3 is 15.0 Å². The second kappa shape index (κ2) is 7.25. The molecular weight excluding hydrogens is 214 g/mol. The first-order valence-electron chi connectivity index (χ1n) is 6.11. The zero-order chi connectivity index (χ0) is 12.7. The Bertz CT molecular complexity index is 313. The van der Waals surface area contributed by atoms with Gasteiger partial charge in [-0.3, -0.25) is 4.98 Å². The summed E-state index contributed by atoms with van der Waals surface area (Å²) < 4.78 is 5.33. The van der Waals surface area contributed by atoms with Crippen molar-refractivity contribution in [2.45, 2.75) is 19.9 Å². The Labute approximate surface area is 104 Å². The van der Waals surface area contributed by atoms with Gasteiger partial charge in [-0.1, -0.05) is 0 Å². The lowest BCUT2D eigenvalue weighted by Crippen LogP contribution is -2.23. The highest BCUT2D eigenvalue weighted by Crippen LogP contribution is 2.14. The molecule has 0 aliphatic rings. The summed E-state index contributed by atoms with van der Waals surface area (Å²) in [5.74, 6) is 0. The van der Waals surface area contributed by atoms with Crippen LogP contribution in [0.4, 0.5) is 5.69 Å². The van der Waals surface area contributed by atoms with Crippen LogP contribution in [-0.4, -0.2) is 38.8 Å². The van der Waals surface area contributed by atoms with E-state index >= 15 is 0 Å². The molecule has 0 aromatic carbocycles. The lowest BCUT2D eigenvalue weighted by Gasteiger charge is -2.19. The van der Waals surface area contributed by atoms with Crippen LogP contribution < -0.4 is 10.2 Å². The van der Waals surface area contributed by atoms with E-state index in [1.165, 1.54) is 0 Å². The Morgan fingerprint density at radius 2 is 2.24 bits per heavy atom. The van der Waals surface area contributed by atoms with Crippen molar-refractivity contribution in [2.75, 3.05) is 38.8 Å². The second-order valence-electron chi connectivity index (χ2n) is 4.07. The first-order valence-corrected chi connectivity index (χ1v) is 6.11. The molecule has 1 N–H and O–H groups in total. The molecule has 0 radical (unpaired) electrons. The first-order chi connectivity index (χ1) is 8.19. The minimum absolute atomic E-state index is 0.290. The molecule has 1 atom stereocenters. The van der Waals surface area contributed by atoms with E-state index in [4.69, 9.17) is 4.74 Å². The maximum absolute atomic E-state index is 5.33. The average Bonchev–Trinajstić information content (AvgIpc) is 2.38. The molecule has 0 amide bonds. The van der Waals surface area contributed by atoms with Crippen molar-refractivity contribution in [3.63, 3.8) is 0 Å². The molecule has 0 aliphatic heterocycles. The molecule has 0 saturated heterocycles. The summed E-state index contributed by atoms with van der Waals surface area (Å²) in [5.41, 5.74) is 2.19. The Morgan fingerprint density at radius 1 is 1.47 bits per heavy atom. The van der Waals surface area contributed by atoms with Crippen LogP contribution in [0.3, 0.4) is 0 Å². The van der Waals surface area contributed by atoms with Crippen LogP contribution in [0.5, 0.6) is 0 Å². The van der Waals surface area contributed by atoms with Crippen molar-refractivity contribution in [1.29, 1.82) is 0 Å². The minimum Gasteiger partial charge on any atom is -0.380 e. The standard InChI is InChI=1S/C13H23N3O/c1-5-17-9-8-16(4)12-6-7-13(15-10-12)11(2)14-3/h6-7,10-11,14H,5,8-9H2,1-4H3. The largest absolute Gasteiger partial charge is 0.380 e. The Hall–Kier alpha value is -1.13. The summed E-state index contributed by atoms with van der Waals surface area (Å²) in [6, 6.07) is 4.45. The number of ether oxygens (including phenoxy) is 1. The number of anilines is 1. The van der Waals surface area contributed by atoms with Gasteiger partial charge in [-0.05, 0) is 33.0 Å². The maximum Gasteiger partial charge on any atom is 0.0641 e. The summed E-state index contributed by atoms with van der Waals surface area (Å²) in [5, 5.41) is 3.18. The zero-order valence-corrected chi connectivity index (χ0v) is 11.2. The van der Waals surface area contributed by atoms with Gasteiger partial charge in [-0.2, -0.15) is 0 Å². The molecule has 1 unspecified atom stereocenters. The van der Waals surface area contributed by atoms with Crippen molar-refractivity contribution < 1.29 is 4.74 Å². The van der Waals surface area contributed by atoms with Crippen LogP contribution >= 0.6 is 0 Å². The highest BCUT2D eigenvalue weighted by molar-refractivity contribution is 5.43. The van der Waals surface area contributed by atoms with Crippen molar-refractivity contribution in [1.82, 2.24) is 10.3 Å². The fourth-order valence-corrected chi connectivity index (χ4v) is 1.50. The third-order valence-corrected chi connectivity index (χ3v) is 2.86. The van der Waals surface area contributed by atoms with Crippen molar-refractivity contribution in [3.05, 3.63) is 24.0 Å². The van der Waals surface area contributed by atoms with Crippen molar-refractivity contribution in [2.24, 2.45) is 0 Å². The number of nitrogens with one attached hydrogen (secondary N) is 1. The third-order valence-electron chi connectivity index (χ3n) is 2.86. The lowest BCUT2D eigenvalue weighted by molar-refractivity contribution is 0.154. The highest BCUT2D eigenvalue weighted by Gasteiger charge is 2.05. The van der Waals surface area contributed by atoms with Crippen LogP contribution in [0.2, 0.25) is 0 Å². The van der Waals surface area contributed by atoms with E-state index in [0.29, 0.717) is 0 Å². The summed E-state index contributed by atoms with van der Waals surface area (Å²) in [6.45, 7) is 6.51. The molecule has 4 nitrogen and oxygen atoms in total. The van der Waals surface area contributed by atoms with Crippen LogP contribution in [0.1, 0.15) is 25.6 Å². The quantitative estimate of drug-likeness (QED) is 0.734. The molecule has 1 heterocycles. The number of likely N-dealkylation sites (N-methyl/N-ethyl adjacent to an activating group) is 1. The zero-order valence-electron chi connectivity index (χ0n) is 11.2. The van der Waals surface area contributed by atoms with Crippen molar-refractivity contribution in [3.8, 4) is 0 Å². The first kappa shape index (κ1) is 13.9. The second-order valence-corrected chi connectivity index (χ2v) is 4.07. The van der Waals surface area contributed by atoms with Gasteiger partial charge in [0.05, 0.1) is 24.2 Å². The molecule has 1 rings (SSSR count). The Morgan fingerprint density at radius 3 is 2.76 bits per heavy atom. The number of nitrogens with zero attached hydrogens (tertiary/aromatic N) is 2. The van der Waals surface area contributed by atoms with Crippen LogP contribution in [0.15, 0.2) is 18.3 Å². The van der Waals surface area contributed by atoms with Gasteiger partial charge in [0.15, 0.2) is 0 Å². The van der Waals surface area contributed by atoms with Gasteiger partial charge in [0.1, 0.15) is 0 Å². The van der Waals surface area contributed by atoms with Gasteiger partial charge >= 0.3 is 0 Å². The molecule has 0 saturated carbocycles. The predicted octanol–water partition coefficient (Wildman–Crippen LogP) is 1.83. The fourth-order valence-electron chi connectivity index (χ4n) is 1.50.